The van der Waals surface area contributed by atoms with Gasteiger partial charge in [0.2, 0.25) is 0 Å². The molecule has 2 aromatic carbocycles. The van der Waals surface area contributed by atoms with Gasteiger partial charge in [0.05, 0.1) is 17.9 Å². The van der Waals surface area contributed by atoms with Crippen LogP contribution in [0.3, 0.4) is 0 Å². The summed E-state index contributed by atoms with van der Waals surface area (Å²) in [7, 11) is 0. The number of nitrogen functional groups attached to an aromatic ring is 1. The lowest BCUT2D eigenvalue weighted by molar-refractivity contribution is -0.154. The summed E-state index contributed by atoms with van der Waals surface area (Å²) in [5, 5.41) is 3.29. The summed E-state index contributed by atoms with van der Waals surface area (Å²) in [5.41, 5.74) is 8.05. The Labute approximate surface area is 239 Å². The number of nitrogens with two attached hydrogens (primary N) is 1. The van der Waals surface area contributed by atoms with Gasteiger partial charge in [0.1, 0.15) is 29.6 Å². The van der Waals surface area contributed by atoms with Gasteiger partial charge in [-0.15, -0.1) is 0 Å². The summed E-state index contributed by atoms with van der Waals surface area (Å²) in [6, 6.07) is 13.2. The van der Waals surface area contributed by atoms with E-state index in [-0.39, 0.29) is 47.6 Å². The van der Waals surface area contributed by atoms with Crippen molar-refractivity contribution < 1.29 is 23.0 Å². The molecule has 1 atom stereocenters. The van der Waals surface area contributed by atoms with Crippen molar-refractivity contribution in [3.63, 3.8) is 0 Å². The van der Waals surface area contributed by atoms with Crippen LogP contribution < -0.4 is 16.6 Å². The Kier molecular flexibility index (Phi) is 9.94. The first-order valence-electron chi connectivity index (χ1n) is 14.1. The molecule has 0 radical (unpaired) electrons. The highest BCUT2D eigenvalue weighted by Gasteiger charge is 2.27. The van der Waals surface area contributed by atoms with Gasteiger partial charge in [-0.05, 0) is 93.8 Å². The molecule has 4 rings (SSSR count). The minimum Gasteiger partial charge on any atom is -0.461 e. The number of hydrogen-bond donors (Lipinski definition) is 2. The van der Waals surface area contributed by atoms with Crippen LogP contribution >= 0.6 is 0 Å². The molecule has 1 saturated carbocycles. The number of carbonyl (C=O) groups excluding carboxylic acids is 1. The maximum absolute atomic E-state index is 14.2. The first kappa shape index (κ1) is 30.4. The number of ether oxygens (including phenoxy) is 2. The Hall–Kier alpha value is -3.56. The van der Waals surface area contributed by atoms with Crippen molar-refractivity contribution in [2.45, 2.75) is 77.0 Å². The SMILES string of the molecule is CC(C)(C)OC[C@H](NCCc1ccc(-n2c(N)c(Cc3ccc(F)cc3F)ccc2=O)cc1)C(=O)OC1CCCC1. The smallest absolute Gasteiger partial charge is 0.325 e. The van der Waals surface area contributed by atoms with Gasteiger partial charge in [-0.3, -0.25) is 14.2 Å². The number of carbonyl (C=O) groups is 1. The number of hydrogen-bond acceptors (Lipinski definition) is 6. The molecule has 220 valence electrons. The van der Waals surface area contributed by atoms with Crippen molar-refractivity contribution in [3.05, 3.63) is 93.3 Å². The van der Waals surface area contributed by atoms with E-state index in [2.05, 4.69) is 5.32 Å². The second-order valence-corrected chi connectivity index (χ2v) is 11.5. The van der Waals surface area contributed by atoms with E-state index in [9.17, 15) is 18.4 Å². The Morgan fingerprint density at radius 1 is 1.05 bits per heavy atom. The highest BCUT2D eigenvalue weighted by molar-refractivity contribution is 5.76. The number of rotatable bonds is 11. The van der Waals surface area contributed by atoms with Gasteiger partial charge in [0, 0.05) is 25.1 Å². The molecule has 0 bridgehead atoms. The molecule has 0 amide bonds. The average Bonchev–Trinajstić information content (AvgIpc) is 3.42. The van der Waals surface area contributed by atoms with Crippen LogP contribution in [-0.4, -0.2) is 41.4 Å². The molecule has 3 aromatic rings. The summed E-state index contributed by atoms with van der Waals surface area (Å²) in [5.74, 6) is -1.42. The summed E-state index contributed by atoms with van der Waals surface area (Å²) < 4.78 is 40.5. The molecule has 41 heavy (non-hydrogen) atoms. The molecule has 1 fully saturated rings. The van der Waals surface area contributed by atoms with Crippen LogP contribution in [0.15, 0.2) is 59.4 Å². The number of nitrogens with one attached hydrogen (secondary N) is 1. The largest absolute Gasteiger partial charge is 0.461 e. The van der Waals surface area contributed by atoms with E-state index in [1.165, 1.54) is 22.8 Å². The van der Waals surface area contributed by atoms with Crippen molar-refractivity contribution >= 4 is 11.8 Å². The molecular formula is C32H39F2N3O4. The highest BCUT2D eigenvalue weighted by Crippen LogP contribution is 2.23. The Morgan fingerprint density at radius 3 is 2.39 bits per heavy atom. The molecule has 1 aliphatic rings. The highest BCUT2D eigenvalue weighted by atomic mass is 19.1. The normalized spacial score (nSPS) is 14.8. The van der Waals surface area contributed by atoms with E-state index in [1.807, 2.05) is 32.9 Å². The van der Waals surface area contributed by atoms with E-state index in [4.69, 9.17) is 15.2 Å². The van der Waals surface area contributed by atoms with Crippen molar-refractivity contribution in [2.75, 3.05) is 18.9 Å². The molecule has 3 N–H and O–H groups in total. The zero-order valence-corrected chi connectivity index (χ0v) is 23.9. The maximum Gasteiger partial charge on any atom is 0.325 e. The fourth-order valence-electron chi connectivity index (χ4n) is 4.88. The quantitative estimate of drug-likeness (QED) is 0.314. The predicted octanol–water partition coefficient (Wildman–Crippen LogP) is 5.09. The van der Waals surface area contributed by atoms with E-state index in [1.54, 1.807) is 18.2 Å². The minimum atomic E-state index is -0.667. The molecule has 0 aliphatic heterocycles. The van der Waals surface area contributed by atoms with Crippen LogP contribution in [0.5, 0.6) is 0 Å². The molecule has 7 nitrogen and oxygen atoms in total. The number of nitrogens with zero attached hydrogens (tertiary/aromatic N) is 1. The van der Waals surface area contributed by atoms with Crippen molar-refractivity contribution in [1.29, 1.82) is 0 Å². The maximum atomic E-state index is 14.2. The summed E-state index contributed by atoms with van der Waals surface area (Å²) >= 11 is 0. The molecular weight excluding hydrogens is 528 g/mol. The number of anilines is 1. The van der Waals surface area contributed by atoms with Gasteiger partial charge in [0.25, 0.3) is 5.56 Å². The number of benzene rings is 2. The van der Waals surface area contributed by atoms with Crippen LogP contribution in [0.2, 0.25) is 0 Å². The molecule has 0 saturated heterocycles. The standard InChI is InChI=1S/C32H39F2N3O4/c1-32(2,3)40-20-28(31(39)41-26-6-4-5-7-26)36-17-16-21-8-13-25(14-9-21)37-29(38)15-11-23(30(37)35)18-22-10-12-24(33)19-27(22)34/h8-15,19,26,28,36H,4-7,16-18,20,35H2,1-3H3/t28-/m0/s1. The number of pyridine rings is 1. The first-order chi connectivity index (χ1) is 19.5. The zero-order valence-electron chi connectivity index (χ0n) is 23.9. The topological polar surface area (TPSA) is 95.6 Å². The zero-order chi connectivity index (χ0) is 29.6. The average molecular weight is 568 g/mol. The fraction of sp³-hybridized carbons (Fsp3) is 0.438. The van der Waals surface area contributed by atoms with Gasteiger partial charge in [-0.2, -0.15) is 0 Å². The van der Waals surface area contributed by atoms with Gasteiger partial charge >= 0.3 is 5.97 Å². The Balaban J connectivity index is 1.41. The van der Waals surface area contributed by atoms with Crippen LogP contribution in [0.4, 0.5) is 14.6 Å². The first-order valence-corrected chi connectivity index (χ1v) is 14.1. The van der Waals surface area contributed by atoms with Crippen molar-refractivity contribution in [1.82, 2.24) is 9.88 Å². The summed E-state index contributed by atoms with van der Waals surface area (Å²) in [4.78, 5) is 25.6. The third-order valence-electron chi connectivity index (χ3n) is 7.16. The molecule has 1 aromatic heterocycles. The Bertz CT molecular complexity index is 1390. The Morgan fingerprint density at radius 2 is 1.73 bits per heavy atom. The third-order valence-corrected chi connectivity index (χ3v) is 7.16. The lowest BCUT2D eigenvalue weighted by atomic mass is 10.0. The van der Waals surface area contributed by atoms with Crippen molar-refractivity contribution in [2.24, 2.45) is 0 Å². The molecule has 0 spiro atoms. The second kappa shape index (κ2) is 13.4. The van der Waals surface area contributed by atoms with E-state index in [0.29, 0.717) is 24.2 Å². The molecule has 1 aliphatic carbocycles. The fourth-order valence-corrected chi connectivity index (χ4v) is 4.88. The molecule has 9 heteroatoms. The van der Waals surface area contributed by atoms with Crippen LogP contribution in [0, 0.1) is 11.6 Å². The third kappa shape index (κ3) is 8.47. The lowest BCUT2D eigenvalue weighted by Crippen LogP contribution is -2.45. The molecule has 1 heterocycles. The second-order valence-electron chi connectivity index (χ2n) is 11.5. The van der Waals surface area contributed by atoms with Crippen LogP contribution in [0.1, 0.15) is 63.1 Å². The van der Waals surface area contributed by atoms with Gasteiger partial charge in [-0.1, -0.05) is 18.2 Å². The van der Waals surface area contributed by atoms with Gasteiger partial charge < -0.3 is 20.5 Å². The predicted molar refractivity (Wildman–Crippen MR) is 155 cm³/mol. The van der Waals surface area contributed by atoms with Crippen LogP contribution in [-0.2, 0) is 27.1 Å². The summed E-state index contributed by atoms with van der Waals surface area (Å²) in [6.45, 7) is 6.58. The summed E-state index contributed by atoms with van der Waals surface area (Å²) in [6.07, 6.45) is 4.72. The van der Waals surface area contributed by atoms with E-state index < -0.39 is 17.7 Å². The van der Waals surface area contributed by atoms with Crippen molar-refractivity contribution in [3.8, 4) is 5.69 Å². The van der Waals surface area contributed by atoms with Gasteiger partial charge in [0.15, 0.2) is 0 Å². The molecule has 0 unspecified atom stereocenters. The van der Waals surface area contributed by atoms with Gasteiger partial charge in [-0.25, -0.2) is 8.78 Å². The monoisotopic (exact) mass is 567 g/mol. The number of halogens is 2. The van der Waals surface area contributed by atoms with E-state index in [0.717, 1.165) is 37.3 Å². The van der Waals surface area contributed by atoms with E-state index >= 15 is 0 Å². The minimum absolute atomic E-state index is 0.0157. The number of aromatic nitrogens is 1. The van der Waals surface area contributed by atoms with Crippen LogP contribution in [0.25, 0.3) is 5.69 Å². The number of esters is 1. The lowest BCUT2D eigenvalue weighted by Gasteiger charge is -2.25.